The molecule has 0 saturated carbocycles. The molecule has 1 rings (SSSR count). The van der Waals surface area contributed by atoms with Crippen LogP contribution >= 0.6 is 0 Å². The van der Waals surface area contributed by atoms with Gasteiger partial charge in [-0.1, -0.05) is 20.8 Å². The Labute approximate surface area is 103 Å². The second-order valence-corrected chi connectivity index (χ2v) is 5.59. The summed E-state index contributed by atoms with van der Waals surface area (Å²) in [4.78, 5) is 11.8. The fourth-order valence-corrected chi connectivity index (χ4v) is 1.53. The van der Waals surface area contributed by atoms with E-state index in [4.69, 9.17) is 5.73 Å². The lowest BCUT2D eigenvalue weighted by atomic mass is 9.87. The first-order valence-corrected chi connectivity index (χ1v) is 5.88. The molecule has 17 heavy (non-hydrogen) atoms. The molecule has 0 aromatic carbocycles. The normalized spacial score (nSPS) is 13.5. The van der Waals surface area contributed by atoms with E-state index < -0.39 is 6.04 Å². The Morgan fingerprint density at radius 3 is 2.47 bits per heavy atom. The van der Waals surface area contributed by atoms with E-state index in [1.165, 1.54) is 5.69 Å². The average molecular weight is 237 g/mol. The summed E-state index contributed by atoms with van der Waals surface area (Å²) in [7, 11) is 1.99. The van der Waals surface area contributed by atoms with Gasteiger partial charge in [0.15, 0.2) is 0 Å². The molecular weight excluding hydrogens is 214 g/mol. The van der Waals surface area contributed by atoms with Crippen molar-refractivity contribution in [2.45, 2.75) is 40.3 Å². The number of nitrogens with two attached hydrogens (primary N) is 1. The molecule has 96 valence electrons. The molecule has 0 saturated heterocycles. The van der Waals surface area contributed by atoms with Crippen molar-refractivity contribution in [1.82, 2.24) is 9.88 Å². The van der Waals surface area contributed by atoms with Gasteiger partial charge in [-0.05, 0) is 24.5 Å². The van der Waals surface area contributed by atoms with Gasteiger partial charge in [0.2, 0.25) is 5.91 Å². The molecule has 1 aromatic heterocycles. The van der Waals surface area contributed by atoms with E-state index >= 15 is 0 Å². The topological polar surface area (TPSA) is 60.1 Å². The van der Waals surface area contributed by atoms with Crippen LogP contribution in [0.1, 0.15) is 32.2 Å². The monoisotopic (exact) mass is 237 g/mol. The van der Waals surface area contributed by atoms with Crippen LogP contribution in [0.25, 0.3) is 0 Å². The Kier molecular flexibility index (Phi) is 3.98. The largest absolute Gasteiger partial charge is 0.350 e. The minimum atomic E-state index is -0.483. The average Bonchev–Trinajstić information content (AvgIpc) is 2.54. The maximum Gasteiger partial charge on any atom is 0.237 e. The van der Waals surface area contributed by atoms with Crippen LogP contribution in [0.15, 0.2) is 12.1 Å². The number of amides is 1. The lowest BCUT2D eigenvalue weighted by molar-refractivity contribution is -0.124. The zero-order chi connectivity index (χ0) is 13.2. The number of carbonyl (C=O) groups excluding carboxylic acids is 1. The molecule has 1 atom stereocenters. The molecule has 0 bridgehead atoms. The van der Waals surface area contributed by atoms with Crippen LogP contribution in [0.5, 0.6) is 0 Å². The number of carbonyl (C=O) groups is 1. The summed E-state index contributed by atoms with van der Waals surface area (Å²) in [6.07, 6.45) is 0. The van der Waals surface area contributed by atoms with E-state index in [-0.39, 0.29) is 11.3 Å². The molecular formula is C13H23N3O. The summed E-state index contributed by atoms with van der Waals surface area (Å²) in [6, 6.07) is 3.56. The first kappa shape index (κ1) is 13.8. The highest BCUT2D eigenvalue weighted by Gasteiger charge is 2.27. The van der Waals surface area contributed by atoms with Gasteiger partial charge >= 0.3 is 0 Å². The van der Waals surface area contributed by atoms with Crippen LogP contribution in [-0.4, -0.2) is 16.5 Å². The van der Waals surface area contributed by atoms with Gasteiger partial charge in [0, 0.05) is 18.4 Å². The zero-order valence-corrected chi connectivity index (χ0v) is 11.4. The Balaban J connectivity index is 2.57. The Morgan fingerprint density at radius 2 is 2.06 bits per heavy atom. The van der Waals surface area contributed by atoms with Gasteiger partial charge in [0.25, 0.3) is 0 Å². The fourth-order valence-electron chi connectivity index (χ4n) is 1.53. The lowest BCUT2D eigenvalue weighted by Crippen LogP contribution is -2.48. The van der Waals surface area contributed by atoms with E-state index in [2.05, 4.69) is 9.88 Å². The summed E-state index contributed by atoms with van der Waals surface area (Å²) in [5.41, 5.74) is 7.92. The third kappa shape index (κ3) is 3.33. The quantitative estimate of drug-likeness (QED) is 0.833. The van der Waals surface area contributed by atoms with Crippen LogP contribution in [0.4, 0.5) is 0 Å². The minimum Gasteiger partial charge on any atom is -0.350 e. The van der Waals surface area contributed by atoms with E-state index in [0.29, 0.717) is 6.54 Å². The van der Waals surface area contributed by atoms with Gasteiger partial charge in [-0.2, -0.15) is 0 Å². The number of hydrogen-bond acceptors (Lipinski definition) is 2. The van der Waals surface area contributed by atoms with Gasteiger partial charge in [-0.15, -0.1) is 0 Å². The molecule has 0 aliphatic carbocycles. The number of hydrogen-bond donors (Lipinski definition) is 2. The molecule has 0 fully saturated rings. The SMILES string of the molecule is Cc1ccc(CNC(=O)C(N)C(C)(C)C)n1C. The van der Waals surface area contributed by atoms with Gasteiger partial charge in [-0.3, -0.25) is 4.79 Å². The Morgan fingerprint density at radius 1 is 1.47 bits per heavy atom. The van der Waals surface area contributed by atoms with Crippen molar-refractivity contribution >= 4 is 5.91 Å². The molecule has 3 N–H and O–H groups in total. The Bertz CT molecular complexity index is 401. The van der Waals surface area contributed by atoms with Gasteiger partial charge in [-0.25, -0.2) is 0 Å². The highest BCUT2D eigenvalue weighted by molar-refractivity contribution is 5.82. The van der Waals surface area contributed by atoms with Crippen molar-refractivity contribution in [2.75, 3.05) is 0 Å². The van der Waals surface area contributed by atoms with Crippen LogP contribution in [-0.2, 0) is 18.4 Å². The van der Waals surface area contributed by atoms with Crippen LogP contribution in [0.3, 0.4) is 0 Å². The highest BCUT2D eigenvalue weighted by atomic mass is 16.2. The van der Waals surface area contributed by atoms with E-state index in [1.807, 2.05) is 46.9 Å². The molecule has 4 heteroatoms. The second-order valence-electron chi connectivity index (χ2n) is 5.59. The summed E-state index contributed by atoms with van der Waals surface area (Å²) >= 11 is 0. The van der Waals surface area contributed by atoms with Crippen LogP contribution in [0.2, 0.25) is 0 Å². The third-order valence-electron chi connectivity index (χ3n) is 3.14. The van der Waals surface area contributed by atoms with E-state index in [0.717, 1.165) is 5.69 Å². The smallest absolute Gasteiger partial charge is 0.237 e. The number of aromatic nitrogens is 1. The summed E-state index contributed by atoms with van der Waals surface area (Å²) in [5, 5.41) is 2.87. The highest BCUT2D eigenvalue weighted by Crippen LogP contribution is 2.17. The summed E-state index contributed by atoms with van der Waals surface area (Å²) in [5.74, 6) is -0.101. The molecule has 4 nitrogen and oxygen atoms in total. The fraction of sp³-hybridized carbons (Fsp3) is 0.615. The number of nitrogens with one attached hydrogen (secondary N) is 1. The maximum atomic E-state index is 11.8. The number of nitrogens with zero attached hydrogens (tertiary/aromatic N) is 1. The van der Waals surface area contributed by atoms with Gasteiger partial charge in [0.05, 0.1) is 12.6 Å². The van der Waals surface area contributed by atoms with Crippen molar-refractivity contribution in [1.29, 1.82) is 0 Å². The molecule has 1 aromatic rings. The first-order valence-electron chi connectivity index (χ1n) is 5.88. The van der Waals surface area contributed by atoms with Crippen molar-refractivity contribution in [2.24, 2.45) is 18.2 Å². The summed E-state index contributed by atoms with van der Waals surface area (Å²) in [6.45, 7) is 8.44. The second kappa shape index (κ2) is 4.92. The van der Waals surface area contributed by atoms with Crippen molar-refractivity contribution < 1.29 is 4.79 Å². The van der Waals surface area contributed by atoms with Crippen molar-refractivity contribution in [3.63, 3.8) is 0 Å². The van der Waals surface area contributed by atoms with Gasteiger partial charge < -0.3 is 15.6 Å². The number of aryl methyl sites for hydroxylation is 1. The molecule has 1 unspecified atom stereocenters. The van der Waals surface area contributed by atoms with Crippen LogP contribution in [0, 0.1) is 12.3 Å². The molecule has 1 heterocycles. The molecule has 0 aliphatic rings. The van der Waals surface area contributed by atoms with Gasteiger partial charge in [0.1, 0.15) is 0 Å². The lowest BCUT2D eigenvalue weighted by Gasteiger charge is -2.25. The Hall–Kier alpha value is -1.29. The third-order valence-corrected chi connectivity index (χ3v) is 3.14. The molecule has 0 spiro atoms. The molecule has 0 radical (unpaired) electrons. The first-order chi connectivity index (χ1) is 7.73. The van der Waals surface area contributed by atoms with Crippen LogP contribution < -0.4 is 11.1 Å². The van der Waals surface area contributed by atoms with E-state index in [1.54, 1.807) is 0 Å². The summed E-state index contributed by atoms with van der Waals surface area (Å²) < 4.78 is 2.06. The predicted molar refractivity (Wildman–Crippen MR) is 69.4 cm³/mol. The molecule has 1 amide bonds. The van der Waals surface area contributed by atoms with Crippen molar-refractivity contribution in [3.8, 4) is 0 Å². The zero-order valence-electron chi connectivity index (χ0n) is 11.4. The van der Waals surface area contributed by atoms with Crippen molar-refractivity contribution in [3.05, 3.63) is 23.5 Å². The minimum absolute atomic E-state index is 0.101. The maximum absolute atomic E-state index is 11.8. The predicted octanol–water partition coefficient (Wildman–Crippen LogP) is 1.32. The van der Waals surface area contributed by atoms with E-state index in [9.17, 15) is 4.79 Å². The molecule has 0 aliphatic heterocycles. The number of rotatable bonds is 3. The standard InChI is InChI=1S/C13H23N3O/c1-9-6-7-10(16(9)5)8-15-12(17)11(14)13(2,3)4/h6-7,11H,8,14H2,1-5H3,(H,15,17).